The third kappa shape index (κ3) is 6.12. The molecule has 2 aliphatic rings. The summed E-state index contributed by atoms with van der Waals surface area (Å²) in [5.74, 6) is -0.552. The average molecular weight is 654 g/mol. The maximum Gasteiger partial charge on any atom is 0.247 e. The van der Waals surface area contributed by atoms with E-state index in [0.29, 0.717) is 45.9 Å². The number of benzene rings is 2. The van der Waals surface area contributed by atoms with Gasteiger partial charge >= 0.3 is 0 Å². The van der Waals surface area contributed by atoms with Crippen molar-refractivity contribution >= 4 is 45.6 Å². The van der Waals surface area contributed by atoms with E-state index in [1.54, 1.807) is 41.4 Å². The van der Waals surface area contributed by atoms with Crippen LogP contribution in [-0.2, 0) is 29.1 Å². The third-order valence-electron chi connectivity index (χ3n) is 8.87. The molecule has 7 rings (SSSR count). The van der Waals surface area contributed by atoms with Crippen LogP contribution in [0.25, 0.3) is 22.3 Å². The summed E-state index contributed by atoms with van der Waals surface area (Å²) in [6.07, 6.45) is 8.42. The molecule has 0 spiro atoms. The van der Waals surface area contributed by atoms with Gasteiger partial charge in [-0.2, -0.15) is 0 Å². The second kappa shape index (κ2) is 12.9. The number of halogens is 2. The Hall–Kier alpha value is -5.53. The number of amides is 2. The van der Waals surface area contributed by atoms with Crippen molar-refractivity contribution in [2.24, 2.45) is 0 Å². The van der Waals surface area contributed by atoms with Crippen LogP contribution in [0.1, 0.15) is 48.8 Å². The van der Waals surface area contributed by atoms with E-state index in [2.05, 4.69) is 30.8 Å². The zero-order chi connectivity index (χ0) is 33.4. The van der Waals surface area contributed by atoms with Crippen LogP contribution in [0.4, 0.5) is 25.8 Å². The third-order valence-corrected chi connectivity index (χ3v) is 8.87. The maximum absolute atomic E-state index is 15.0. The van der Waals surface area contributed by atoms with Gasteiger partial charge < -0.3 is 24.7 Å². The van der Waals surface area contributed by atoms with Crippen molar-refractivity contribution in [1.29, 1.82) is 0 Å². The molecule has 48 heavy (non-hydrogen) atoms. The summed E-state index contributed by atoms with van der Waals surface area (Å²) in [7, 11) is 0. The second-order valence-electron chi connectivity index (χ2n) is 12.2. The monoisotopic (exact) mass is 653 g/mol. The molecule has 2 aromatic carbocycles. The van der Waals surface area contributed by atoms with Gasteiger partial charge in [0.2, 0.25) is 11.8 Å². The summed E-state index contributed by atoms with van der Waals surface area (Å²) >= 11 is 0. The van der Waals surface area contributed by atoms with Crippen molar-refractivity contribution < 1.29 is 23.2 Å². The van der Waals surface area contributed by atoms with Crippen LogP contribution in [0.5, 0.6) is 0 Å². The van der Waals surface area contributed by atoms with Crippen LogP contribution >= 0.6 is 0 Å². The first-order valence-corrected chi connectivity index (χ1v) is 15.9. The minimum atomic E-state index is -1.40. The van der Waals surface area contributed by atoms with Crippen molar-refractivity contribution in [3.05, 3.63) is 78.5 Å². The fourth-order valence-electron chi connectivity index (χ4n) is 6.55. The number of anilines is 3. The highest BCUT2D eigenvalue weighted by molar-refractivity contribution is 6.08. The Morgan fingerprint density at radius 2 is 1.79 bits per heavy atom. The molecule has 1 fully saturated rings. The fraction of sp³-hybridized carbons (Fsp3) is 0.324. The number of nitrogens with zero attached hydrogens (tertiary/aromatic N) is 7. The number of nitrogens with one attached hydrogen (secondary N) is 2. The number of alkyl halides is 1. The van der Waals surface area contributed by atoms with E-state index in [0.717, 1.165) is 31.5 Å². The number of rotatable bonds is 8. The standard InChI is InChI=1S/C34H33F2N9O3/c1-20(46)27-17-43(29-9-7-22(12-25(27)29)39-24-14-37-19-38-15-24)18-32(47)45-16-21(35)11-30(45)34(48)40-23-6-8-28(36)26(13-23)33-42-41-31-5-3-2-4-10-44(31)33/h6-9,12-15,17,19,21,30,39H,2-5,10-11,16,18H2,1H3,(H,40,48)/t21-,30+/m1/s1. The molecular formula is C34H33F2N9O3. The number of likely N-dealkylation sites (tertiary alicyclic amines) is 1. The molecule has 5 heterocycles. The zero-order valence-electron chi connectivity index (χ0n) is 26.2. The number of hydrogen-bond acceptors (Lipinski definition) is 8. The Morgan fingerprint density at radius 1 is 0.979 bits per heavy atom. The van der Waals surface area contributed by atoms with Crippen LogP contribution < -0.4 is 10.6 Å². The van der Waals surface area contributed by atoms with E-state index in [1.807, 2.05) is 4.57 Å². The first kappa shape index (κ1) is 31.1. The van der Waals surface area contributed by atoms with E-state index >= 15 is 4.39 Å². The molecule has 0 aliphatic carbocycles. The van der Waals surface area contributed by atoms with E-state index in [1.165, 1.54) is 36.4 Å². The lowest BCUT2D eigenvalue weighted by atomic mass is 10.1. The summed E-state index contributed by atoms with van der Waals surface area (Å²) < 4.78 is 33.4. The molecule has 0 unspecified atom stereocenters. The van der Waals surface area contributed by atoms with Crippen molar-refractivity contribution in [2.45, 2.75) is 64.3 Å². The van der Waals surface area contributed by atoms with Crippen LogP contribution in [0, 0.1) is 5.82 Å². The molecule has 2 N–H and O–H groups in total. The molecule has 246 valence electrons. The summed E-state index contributed by atoms with van der Waals surface area (Å²) in [6, 6.07) is 8.48. The number of aromatic nitrogens is 6. The lowest BCUT2D eigenvalue weighted by Gasteiger charge is -2.24. The van der Waals surface area contributed by atoms with Crippen LogP contribution in [0.2, 0.25) is 0 Å². The largest absolute Gasteiger partial charge is 0.353 e. The van der Waals surface area contributed by atoms with Crippen LogP contribution in [-0.4, -0.2) is 70.6 Å². The smallest absolute Gasteiger partial charge is 0.247 e. The number of hydrogen-bond donors (Lipinski definition) is 2. The normalized spacial score (nSPS) is 17.6. The van der Waals surface area contributed by atoms with Crippen molar-refractivity contribution in [3.63, 3.8) is 0 Å². The minimum Gasteiger partial charge on any atom is -0.353 e. The summed E-state index contributed by atoms with van der Waals surface area (Å²) in [5.41, 5.74) is 2.91. The molecule has 2 amide bonds. The highest BCUT2D eigenvalue weighted by Gasteiger charge is 2.40. The quantitative estimate of drug-likeness (QED) is 0.221. The molecule has 14 heteroatoms. The Bertz CT molecular complexity index is 2030. The SMILES string of the molecule is CC(=O)c1cn(CC(=O)N2C[C@H](F)C[C@H]2C(=O)Nc2ccc(F)c(-c3nnc4n3CCCCC4)c2)c2ccc(Nc3cncnc3)cc12. The lowest BCUT2D eigenvalue weighted by Crippen LogP contribution is -2.44. The van der Waals surface area contributed by atoms with Gasteiger partial charge in [0.1, 0.15) is 36.7 Å². The topological polar surface area (TPSA) is 140 Å². The number of fused-ring (bicyclic) bond motifs is 2. The molecule has 12 nitrogen and oxygen atoms in total. The number of carbonyl (C=O) groups excluding carboxylic acids is 3. The van der Waals surface area contributed by atoms with E-state index in [9.17, 15) is 18.8 Å². The molecule has 5 aromatic rings. The van der Waals surface area contributed by atoms with Crippen LogP contribution in [0.15, 0.2) is 61.3 Å². The Morgan fingerprint density at radius 3 is 2.60 bits per heavy atom. The molecule has 0 saturated carbocycles. The van der Waals surface area contributed by atoms with Gasteiger partial charge in [-0.25, -0.2) is 18.7 Å². The Balaban J connectivity index is 1.10. The van der Waals surface area contributed by atoms with E-state index in [4.69, 9.17) is 0 Å². The van der Waals surface area contributed by atoms with Gasteiger partial charge in [0.25, 0.3) is 0 Å². The van der Waals surface area contributed by atoms with E-state index in [-0.39, 0.29) is 30.9 Å². The molecule has 3 aromatic heterocycles. The van der Waals surface area contributed by atoms with Crippen molar-refractivity contribution in [2.75, 3.05) is 17.2 Å². The first-order chi connectivity index (χ1) is 23.2. The van der Waals surface area contributed by atoms with Gasteiger partial charge in [-0.3, -0.25) is 14.4 Å². The number of aryl methyl sites for hydroxylation is 1. The lowest BCUT2D eigenvalue weighted by molar-refractivity contribution is -0.137. The van der Waals surface area contributed by atoms with Crippen molar-refractivity contribution in [1.82, 2.24) is 34.2 Å². The van der Waals surface area contributed by atoms with E-state index < -0.39 is 29.8 Å². The predicted octanol–water partition coefficient (Wildman–Crippen LogP) is 5.08. The zero-order valence-corrected chi connectivity index (χ0v) is 26.2. The molecule has 0 radical (unpaired) electrons. The van der Waals surface area contributed by atoms with Gasteiger partial charge in [0.15, 0.2) is 11.6 Å². The van der Waals surface area contributed by atoms with Gasteiger partial charge in [0, 0.05) is 53.4 Å². The maximum atomic E-state index is 15.0. The summed E-state index contributed by atoms with van der Waals surface area (Å²) in [5, 5.41) is 15.1. The van der Waals surface area contributed by atoms with Crippen LogP contribution in [0.3, 0.4) is 0 Å². The number of ketones is 1. The predicted molar refractivity (Wildman–Crippen MR) is 174 cm³/mol. The van der Waals surface area contributed by atoms with Gasteiger partial charge in [-0.15, -0.1) is 10.2 Å². The molecule has 1 saturated heterocycles. The first-order valence-electron chi connectivity index (χ1n) is 15.9. The van der Waals surface area contributed by atoms with Gasteiger partial charge in [-0.05, 0) is 56.2 Å². The Kier molecular flexibility index (Phi) is 8.38. The molecule has 2 atom stereocenters. The minimum absolute atomic E-state index is 0.174. The van der Waals surface area contributed by atoms with Crippen molar-refractivity contribution in [3.8, 4) is 11.4 Å². The highest BCUT2D eigenvalue weighted by Crippen LogP contribution is 2.30. The molecule has 2 aliphatic heterocycles. The second-order valence-corrected chi connectivity index (χ2v) is 12.2. The van der Waals surface area contributed by atoms with Gasteiger partial charge in [-0.1, -0.05) is 6.42 Å². The Labute approximate surface area is 274 Å². The number of Topliss-reactive ketones (excluding diaryl/α,β-unsaturated/α-hetero) is 1. The summed E-state index contributed by atoms with van der Waals surface area (Å²) in [6.45, 7) is 1.67. The molecule has 0 bridgehead atoms. The molecular weight excluding hydrogens is 620 g/mol. The fourth-order valence-corrected chi connectivity index (χ4v) is 6.55. The highest BCUT2D eigenvalue weighted by atomic mass is 19.1. The summed E-state index contributed by atoms with van der Waals surface area (Å²) in [4.78, 5) is 49.0. The van der Waals surface area contributed by atoms with Gasteiger partial charge in [0.05, 0.1) is 30.2 Å². The average Bonchev–Trinajstić information content (AvgIpc) is 3.72. The number of carbonyl (C=O) groups is 3.